The van der Waals surface area contributed by atoms with Gasteiger partial charge in [0.05, 0.1) is 25.9 Å². The number of amides is 2. The lowest BCUT2D eigenvalue weighted by Crippen LogP contribution is -2.21. The van der Waals surface area contributed by atoms with Gasteiger partial charge in [-0.1, -0.05) is 0 Å². The SMILES string of the molecule is CCOc1ccc(NC(=O)c2ccc(NC(=O)COC(=O)c3ccc(OCC)c(OC)c3)cc2)cc1. The van der Waals surface area contributed by atoms with Gasteiger partial charge in [-0.05, 0) is 80.6 Å². The molecule has 3 aromatic rings. The van der Waals surface area contributed by atoms with Crippen LogP contribution in [-0.2, 0) is 9.53 Å². The van der Waals surface area contributed by atoms with Crippen LogP contribution >= 0.6 is 0 Å². The van der Waals surface area contributed by atoms with Crippen molar-refractivity contribution in [2.75, 3.05) is 37.6 Å². The fourth-order valence-electron chi connectivity index (χ4n) is 3.19. The van der Waals surface area contributed by atoms with Crippen LogP contribution in [0, 0.1) is 0 Å². The van der Waals surface area contributed by atoms with Crippen molar-refractivity contribution in [2.45, 2.75) is 13.8 Å². The number of ether oxygens (including phenoxy) is 4. The molecular formula is C27H28N2O7. The van der Waals surface area contributed by atoms with Crippen LogP contribution in [0.3, 0.4) is 0 Å². The smallest absolute Gasteiger partial charge is 0.338 e. The molecule has 0 saturated carbocycles. The first kappa shape index (κ1) is 26.1. The number of hydrogen-bond donors (Lipinski definition) is 2. The molecule has 0 saturated heterocycles. The van der Waals surface area contributed by atoms with Crippen molar-refractivity contribution in [2.24, 2.45) is 0 Å². The maximum atomic E-state index is 12.5. The molecular weight excluding hydrogens is 464 g/mol. The highest BCUT2D eigenvalue weighted by Gasteiger charge is 2.14. The quantitative estimate of drug-likeness (QED) is 0.378. The van der Waals surface area contributed by atoms with E-state index in [9.17, 15) is 14.4 Å². The Morgan fingerprint density at radius 2 is 1.33 bits per heavy atom. The summed E-state index contributed by atoms with van der Waals surface area (Å²) in [5.74, 6) is 0.131. The van der Waals surface area contributed by atoms with Crippen LogP contribution in [0.4, 0.5) is 11.4 Å². The van der Waals surface area contributed by atoms with Crippen LogP contribution in [-0.4, -0.2) is 44.7 Å². The van der Waals surface area contributed by atoms with Crippen LogP contribution in [0.15, 0.2) is 66.7 Å². The molecule has 2 N–H and O–H groups in total. The molecule has 188 valence electrons. The Balaban J connectivity index is 1.50. The van der Waals surface area contributed by atoms with E-state index in [0.29, 0.717) is 41.7 Å². The second-order valence-corrected chi connectivity index (χ2v) is 7.41. The van der Waals surface area contributed by atoms with E-state index in [1.807, 2.05) is 13.8 Å². The molecule has 0 radical (unpaired) electrons. The van der Waals surface area contributed by atoms with E-state index in [4.69, 9.17) is 18.9 Å². The van der Waals surface area contributed by atoms with E-state index in [1.54, 1.807) is 54.6 Å². The number of rotatable bonds is 11. The summed E-state index contributed by atoms with van der Waals surface area (Å²) < 4.78 is 21.1. The third-order valence-electron chi connectivity index (χ3n) is 4.89. The van der Waals surface area contributed by atoms with Crippen LogP contribution < -0.4 is 24.8 Å². The Morgan fingerprint density at radius 3 is 1.97 bits per heavy atom. The standard InChI is InChI=1S/C27H28N2O7/c1-4-34-22-13-11-21(12-14-22)29-26(31)18-6-9-20(10-7-18)28-25(30)17-36-27(32)19-8-15-23(35-5-2)24(16-19)33-3/h6-16H,4-5,17H2,1-3H3,(H,28,30)(H,29,31). The molecule has 0 aliphatic heterocycles. The third kappa shape index (κ3) is 7.23. The zero-order chi connectivity index (χ0) is 25.9. The van der Waals surface area contributed by atoms with Gasteiger partial charge in [-0.3, -0.25) is 9.59 Å². The first-order valence-corrected chi connectivity index (χ1v) is 11.4. The molecule has 3 rings (SSSR count). The molecule has 0 spiro atoms. The summed E-state index contributed by atoms with van der Waals surface area (Å²) in [6.07, 6.45) is 0. The van der Waals surface area contributed by atoms with Crippen molar-refractivity contribution in [3.05, 3.63) is 77.9 Å². The topological polar surface area (TPSA) is 112 Å². The van der Waals surface area contributed by atoms with Gasteiger partial charge in [0.15, 0.2) is 18.1 Å². The molecule has 9 heteroatoms. The Kier molecular flexibility index (Phi) is 9.27. The summed E-state index contributed by atoms with van der Waals surface area (Å²) in [7, 11) is 1.47. The van der Waals surface area contributed by atoms with Gasteiger partial charge >= 0.3 is 5.97 Å². The highest BCUT2D eigenvalue weighted by molar-refractivity contribution is 6.04. The van der Waals surface area contributed by atoms with E-state index in [0.717, 1.165) is 5.75 Å². The molecule has 0 atom stereocenters. The van der Waals surface area contributed by atoms with Gasteiger partial charge < -0.3 is 29.6 Å². The molecule has 2 amide bonds. The number of esters is 1. The number of carbonyl (C=O) groups is 3. The monoisotopic (exact) mass is 492 g/mol. The summed E-state index contributed by atoms with van der Waals surface area (Å²) in [5, 5.41) is 5.42. The van der Waals surface area contributed by atoms with Crippen molar-refractivity contribution in [1.29, 1.82) is 0 Å². The molecule has 3 aromatic carbocycles. The van der Waals surface area contributed by atoms with Crippen molar-refractivity contribution in [1.82, 2.24) is 0 Å². The maximum absolute atomic E-state index is 12.5. The van der Waals surface area contributed by atoms with Crippen LogP contribution in [0.1, 0.15) is 34.6 Å². The molecule has 9 nitrogen and oxygen atoms in total. The summed E-state index contributed by atoms with van der Waals surface area (Å²) in [6, 6.07) is 18.0. The number of hydrogen-bond acceptors (Lipinski definition) is 7. The van der Waals surface area contributed by atoms with E-state index in [1.165, 1.54) is 19.2 Å². The lowest BCUT2D eigenvalue weighted by Gasteiger charge is -2.11. The molecule has 0 aromatic heterocycles. The van der Waals surface area contributed by atoms with Crippen LogP contribution in [0.5, 0.6) is 17.2 Å². The summed E-state index contributed by atoms with van der Waals surface area (Å²) in [4.78, 5) is 37.0. The molecule has 0 bridgehead atoms. The van der Waals surface area contributed by atoms with E-state index >= 15 is 0 Å². The predicted molar refractivity (Wildman–Crippen MR) is 135 cm³/mol. The second-order valence-electron chi connectivity index (χ2n) is 7.41. The van der Waals surface area contributed by atoms with E-state index < -0.39 is 18.5 Å². The molecule has 0 unspecified atom stereocenters. The number of carbonyl (C=O) groups excluding carboxylic acids is 3. The molecule has 36 heavy (non-hydrogen) atoms. The fraction of sp³-hybridized carbons (Fsp3) is 0.222. The van der Waals surface area contributed by atoms with Gasteiger partial charge in [0, 0.05) is 16.9 Å². The number of benzene rings is 3. The summed E-state index contributed by atoms with van der Waals surface area (Å²) >= 11 is 0. The Labute approximate surface area is 209 Å². The van der Waals surface area contributed by atoms with Crippen LogP contribution in [0.2, 0.25) is 0 Å². The Hall–Kier alpha value is -4.53. The van der Waals surface area contributed by atoms with Crippen LogP contribution in [0.25, 0.3) is 0 Å². The maximum Gasteiger partial charge on any atom is 0.338 e. The zero-order valence-electron chi connectivity index (χ0n) is 20.3. The predicted octanol–water partition coefficient (Wildman–Crippen LogP) is 4.54. The minimum Gasteiger partial charge on any atom is -0.494 e. The minimum atomic E-state index is -0.673. The highest BCUT2D eigenvalue weighted by Crippen LogP contribution is 2.28. The average Bonchev–Trinajstić information content (AvgIpc) is 2.89. The fourth-order valence-corrected chi connectivity index (χ4v) is 3.19. The van der Waals surface area contributed by atoms with Gasteiger partial charge in [0.2, 0.25) is 0 Å². The van der Waals surface area contributed by atoms with E-state index in [2.05, 4.69) is 10.6 Å². The molecule has 0 fully saturated rings. The van der Waals surface area contributed by atoms with Gasteiger partial charge in [-0.2, -0.15) is 0 Å². The highest BCUT2D eigenvalue weighted by atomic mass is 16.5. The number of anilines is 2. The van der Waals surface area contributed by atoms with Gasteiger partial charge in [-0.15, -0.1) is 0 Å². The van der Waals surface area contributed by atoms with Gasteiger partial charge in [0.1, 0.15) is 5.75 Å². The van der Waals surface area contributed by atoms with Gasteiger partial charge in [-0.25, -0.2) is 4.79 Å². The number of nitrogens with one attached hydrogen (secondary N) is 2. The van der Waals surface area contributed by atoms with Crippen molar-refractivity contribution < 1.29 is 33.3 Å². The average molecular weight is 493 g/mol. The first-order valence-electron chi connectivity index (χ1n) is 11.4. The largest absolute Gasteiger partial charge is 0.494 e. The van der Waals surface area contributed by atoms with Gasteiger partial charge in [0.25, 0.3) is 11.8 Å². The molecule has 0 aliphatic rings. The normalized spacial score (nSPS) is 10.2. The van der Waals surface area contributed by atoms with Crippen molar-refractivity contribution >= 4 is 29.2 Å². The van der Waals surface area contributed by atoms with Crippen molar-refractivity contribution in [3.63, 3.8) is 0 Å². The molecule has 0 aliphatic carbocycles. The first-order chi connectivity index (χ1) is 17.4. The summed E-state index contributed by atoms with van der Waals surface area (Å²) in [6.45, 7) is 4.28. The summed E-state index contributed by atoms with van der Waals surface area (Å²) in [5.41, 5.74) is 1.73. The lowest BCUT2D eigenvalue weighted by atomic mass is 10.2. The number of methoxy groups -OCH3 is 1. The Bertz CT molecular complexity index is 1190. The lowest BCUT2D eigenvalue weighted by molar-refractivity contribution is -0.119. The van der Waals surface area contributed by atoms with Crippen molar-refractivity contribution in [3.8, 4) is 17.2 Å². The third-order valence-corrected chi connectivity index (χ3v) is 4.89. The molecule has 0 heterocycles. The Morgan fingerprint density at radius 1 is 0.722 bits per heavy atom. The second kappa shape index (κ2) is 12.8. The van der Waals surface area contributed by atoms with E-state index in [-0.39, 0.29) is 11.5 Å². The minimum absolute atomic E-state index is 0.228. The zero-order valence-corrected chi connectivity index (χ0v) is 20.3.